The first kappa shape index (κ1) is 13.3. The van der Waals surface area contributed by atoms with E-state index in [-0.39, 0.29) is 12.1 Å². The number of benzene rings is 2. The zero-order chi connectivity index (χ0) is 14.9. The Bertz CT molecular complexity index is 769. The molecular formula is C16H14ClN5. The predicted molar refractivity (Wildman–Crippen MR) is 84.8 cm³/mol. The summed E-state index contributed by atoms with van der Waals surface area (Å²) in [6.45, 7) is 0. The third-order valence-electron chi connectivity index (χ3n) is 4.01. The number of halogens is 1. The van der Waals surface area contributed by atoms with Crippen LogP contribution < -0.4 is 5.32 Å². The first-order valence-electron chi connectivity index (χ1n) is 7.16. The molecule has 2 aromatic carbocycles. The quantitative estimate of drug-likeness (QED) is 0.787. The maximum Gasteiger partial charge on any atom is 0.243 e. The monoisotopic (exact) mass is 311 g/mol. The molecule has 0 amide bonds. The van der Waals surface area contributed by atoms with Crippen LogP contribution in [-0.4, -0.2) is 20.2 Å². The molecule has 0 unspecified atom stereocenters. The lowest BCUT2D eigenvalue weighted by atomic mass is 9.93. The van der Waals surface area contributed by atoms with E-state index in [2.05, 4.69) is 33.0 Å². The minimum Gasteiger partial charge on any atom is -0.346 e. The molecule has 1 N–H and O–H groups in total. The molecule has 0 fully saturated rings. The third-order valence-corrected chi connectivity index (χ3v) is 4.26. The van der Waals surface area contributed by atoms with Gasteiger partial charge in [0.2, 0.25) is 5.95 Å². The summed E-state index contributed by atoms with van der Waals surface area (Å²) in [5, 5.41) is 16.2. The van der Waals surface area contributed by atoms with E-state index >= 15 is 0 Å². The lowest BCUT2D eigenvalue weighted by Gasteiger charge is -2.31. The Balaban J connectivity index is 1.72. The molecule has 110 valence electrons. The summed E-state index contributed by atoms with van der Waals surface area (Å²) in [5.74, 6) is 0.694. The molecule has 0 saturated carbocycles. The summed E-state index contributed by atoms with van der Waals surface area (Å²) in [7, 11) is 0. The van der Waals surface area contributed by atoms with E-state index in [4.69, 9.17) is 11.6 Å². The maximum atomic E-state index is 5.98. The van der Waals surface area contributed by atoms with Gasteiger partial charge in [0.1, 0.15) is 0 Å². The molecule has 0 aliphatic carbocycles. The van der Waals surface area contributed by atoms with Gasteiger partial charge in [0.15, 0.2) is 0 Å². The van der Waals surface area contributed by atoms with Crippen LogP contribution in [-0.2, 0) is 0 Å². The molecule has 3 aromatic rings. The van der Waals surface area contributed by atoms with Crippen molar-refractivity contribution >= 4 is 17.5 Å². The first-order valence-corrected chi connectivity index (χ1v) is 7.54. The molecule has 0 spiro atoms. The summed E-state index contributed by atoms with van der Waals surface area (Å²) in [4.78, 5) is 0. The number of rotatable bonds is 2. The van der Waals surface area contributed by atoms with E-state index in [1.54, 1.807) is 0 Å². The highest BCUT2D eigenvalue weighted by Crippen LogP contribution is 2.36. The van der Waals surface area contributed by atoms with Crippen molar-refractivity contribution in [1.82, 2.24) is 20.2 Å². The number of anilines is 1. The smallest absolute Gasteiger partial charge is 0.243 e. The second-order valence-electron chi connectivity index (χ2n) is 5.36. The minimum atomic E-state index is 0.119. The summed E-state index contributed by atoms with van der Waals surface area (Å²) in [6.07, 6.45) is 0.879. The van der Waals surface area contributed by atoms with Crippen LogP contribution in [0, 0.1) is 0 Å². The fourth-order valence-corrected chi connectivity index (χ4v) is 3.03. The molecule has 1 aliphatic heterocycles. The highest BCUT2D eigenvalue weighted by Gasteiger charge is 2.30. The van der Waals surface area contributed by atoms with Gasteiger partial charge in [-0.15, -0.1) is 0 Å². The van der Waals surface area contributed by atoms with Gasteiger partial charge < -0.3 is 5.32 Å². The lowest BCUT2D eigenvalue weighted by molar-refractivity contribution is 0.424. The topological polar surface area (TPSA) is 55.6 Å². The summed E-state index contributed by atoms with van der Waals surface area (Å²) in [6, 6.07) is 18.5. The number of tetrazole rings is 1. The van der Waals surface area contributed by atoms with Crippen LogP contribution in [0.25, 0.3) is 0 Å². The van der Waals surface area contributed by atoms with Crippen molar-refractivity contribution in [2.75, 3.05) is 5.32 Å². The SMILES string of the molecule is Clc1ccc([C@H]2C[C@H](c3ccccc3)n3nnnc3N2)cc1. The minimum absolute atomic E-state index is 0.119. The van der Waals surface area contributed by atoms with Gasteiger partial charge in [0, 0.05) is 5.02 Å². The first-order chi connectivity index (χ1) is 10.8. The van der Waals surface area contributed by atoms with Crippen LogP contribution in [0.3, 0.4) is 0 Å². The van der Waals surface area contributed by atoms with Gasteiger partial charge in [-0.1, -0.05) is 59.2 Å². The Kier molecular flexibility index (Phi) is 3.27. The zero-order valence-corrected chi connectivity index (χ0v) is 12.5. The molecular weight excluding hydrogens is 298 g/mol. The standard InChI is InChI=1S/C16H14ClN5/c17-13-8-6-11(7-9-13)14-10-15(12-4-2-1-3-5-12)22-16(18-14)19-20-21-22/h1-9,14-15H,10H2,(H,18,19,21)/t14-,15-/m1/s1. The van der Waals surface area contributed by atoms with E-state index in [9.17, 15) is 0 Å². The van der Waals surface area contributed by atoms with E-state index in [1.165, 1.54) is 11.1 Å². The predicted octanol–water partition coefficient (Wildman–Crippen LogP) is 3.47. The third kappa shape index (κ3) is 2.33. The Morgan fingerprint density at radius 2 is 1.77 bits per heavy atom. The molecule has 2 heterocycles. The van der Waals surface area contributed by atoms with E-state index < -0.39 is 0 Å². The molecule has 2 atom stereocenters. The van der Waals surface area contributed by atoms with Crippen LogP contribution in [0.1, 0.15) is 29.6 Å². The fourth-order valence-electron chi connectivity index (χ4n) is 2.90. The summed E-state index contributed by atoms with van der Waals surface area (Å²) < 4.78 is 1.85. The number of fused-ring (bicyclic) bond motifs is 1. The van der Waals surface area contributed by atoms with Crippen molar-refractivity contribution in [1.29, 1.82) is 0 Å². The number of hydrogen-bond donors (Lipinski definition) is 1. The molecule has 4 rings (SSSR count). The average Bonchev–Trinajstić information content (AvgIpc) is 3.04. The maximum absolute atomic E-state index is 5.98. The van der Waals surface area contributed by atoms with E-state index in [0.29, 0.717) is 5.95 Å². The Morgan fingerprint density at radius 3 is 2.55 bits per heavy atom. The molecule has 0 radical (unpaired) electrons. The van der Waals surface area contributed by atoms with Crippen LogP contribution in [0.5, 0.6) is 0 Å². The highest BCUT2D eigenvalue weighted by atomic mass is 35.5. The average molecular weight is 312 g/mol. The second kappa shape index (κ2) is 5.42. The fraction of sp³-hybridized carbons (Fsp3) is 0.188. The molecule has 6 heteroatoms. The Morgan fingerprint density at radius 1 is 1.00 bits per heavy atom. The molecule has 22 heavy (non-hydrogen) atoms. The van der Waals surface area contributed by atoms with Gasteiger partial charge >= 0.3 is 0 Å². The number of nitrogens with one attached hydrogen (secondary N) is 1. The van der Waals surface area contributed by atoms with Crippen molar-refractivity contribution in [3.8, 4) is 0 Å². The molecule has 1 aliphatic rings. The normalized spacial score (nSPS) is 20.2. The van der Waals surface area contributed by atoms with Crippen LogP contribution in [0.15, 0.2) is 54.6 Å². The summed E-state index contributed by atoms with van der Waals surface area (Å²) in [5.41, 5.74) is 2.39. The summed E-state index contributed by atoms with van der Waals surface area (Å²) >= 11 is 5.98. The molecule has 5 nitrogen and oxygen atoms in total. The zero-order valence-electron chi connectivity index (χ0n) is 11.7. The van der Waals surface area contributed by atoms with Gasteiger partial charge in [0.05, 0.1) is 12.1 Å². The van der Waals surface area contributed by atoms with Gasteiger partial charge in [-0.2, -0.15) is 0 Å². The van der Waals surface area contributed by atoms with Gasteiger partial charge in [-0.25, -0.2) is 4.68 Å². The van der Waals surface area contributed by atoms with Gasteiger partial charge in [-0.05, 0) is 40.1 Å². The number of hydrogen-bond acceptors (Lipinski definition) is 4. The van der Waals surface area contributed by atoms with Crippen molar-refractivity contribution in [3.63, 3.8) is 0 Å². The van der Waals surface area contributed by atoms with Crippen LogP contribution in [0.2, 0.25) is 5.02 Å². The molecule has 0 bridgehead atoms. The van der Waals surface area contributed by atoms with Crippen molar-refractivity contribution in [2.24, 2.45) is 0 Å². The van der Waals surface area contributed by atoms with E-state index in [1.807, 2.05) is 47.1 Å². The largest absolute Gasteiger partial charge is 0.346 e. The van der Waals surface area contributed by atoms with E-state index in [0.717, 1.165) is 11.4 Å². The van der Waals surface area contributed by atoms with Crippen LogP contribution >= 0.6 is 11.6 Å². The Labute approximate surface area is 132 Å². The van der Waals surface area contributed by atoms with Crippen LogP contribution in [0.4, 0.5) is 5.95 Å². The van der Waals surface area contributed by atoms with Gasteiger partial charge in [-0.3, -0.25) is 0 Å². The Hall–Kier alpha value is -2.40. The number of nitrogens with zero attached hydrogens (tertiary/aromatic N) is 4. The highest BCUT2D eigenvalue weighted by molar-refractivity contribution is 6.30. The molecule has 0 saturated heterocycles. The van der Waals surface area contributed by atoms with Crippen molar-refractivity contribution < 1.29 is 0 Å². The lowest BCUT2D eigenvalue weighted by Crippen LogP contribution is -2.28. The van der Waals surface area contributed by atoms with Crippen molar-refractivity contribution in [2.45, 2.75) is 18.5 Å². The second-order valence-corrected chi connectivity index (χ2v) is 5.79. The number of aromatic nitrogens is 4. The van der Waals surface area contributed by atoms with Crippen molar-refractivity contribution in [3.05, 3.63) is 70.7 Å². The van der Waals surface area contributed by atoms with Gasteiger partial charge in [0.25, 0.3) is 0 Å². The molecule has 1 aromatic heterocycles.